The standard InChI is InChI=1S/C13H22BrN3O/c1-5-6-7-17-13(18)12(14)11(8-15-17)16-10(4)9(2)3/h8-10,16H,5-7H2,1-4H3. The van der Waals surface area contributed by atoms with Gasteiger partial charge in [-0.05, 0) is 35.2 Å². The normalized spacial score (nSPS) is 12.8. The number of nitrogens with one attached hydrogen (secondary N) is 1. The molecule has 0 saturated carbocycles. The summed E-state index contributed by atoms with van der Waals surface area (Å²) in [4.78, 5) is 12.1. The van der Waals surface area contributed by atoms with Gasteiger partial charge in [-0.2, -0.15) is 5.10 Å². The molecule has 18 heavy (non-hydrogen) atoms. The first-order chi connectivity index (χ1) is 8.47. The molecule has 1 atom stereocenters. The van der Waals surface area contributed by atoms with E-state index in [1.165, 1.54) is 4.68 Å². The second-order valence-corrected chi connectivity index (χ2v) is 5.72. The summed E-state index contributed by atoms with van der Waals surface area (Å²) in [6.45, 7) is 9.15. The molecule has 1 rings (SSSR count). The Morgan fingerprint density at radius 1 is 1.44 bits per heavy atom. The third-order valence-electron chi connectivity index (χ3n) is 3.09. The van der Waals surface area contributed by atoms with Crippen molar-refractivity contribution in [2.45, 2.75) is 53.1 Å². The van der Waals surface area contributed by atoms with E-state index in [-0.39, 0.29) is 5.56 Å². The van der Waals surface area contributed by atoms with Gasteiger partial charge in [0.05, 0.1) is 11.9 Å². The number of aryl methyl sites for hydroxylation is 1. The van der Waals surface area contributed by atoms with Crippen LogP contribution in [0.15, 0.2) is 15.5 Å². The van der Waals surface area contributed by atoms with Gasteiger partial charge >= 0.3 is 0 Å². The van der Waals surface area contributed by atoms with Crippen LogP contribution in [0.4, 0.5) is 5.69 Å². The largest absolute Gasteiger partial charge is 0.380 e. The van der Waals surface area contributed by atoms with E-state index in [1.54, 1.807) is 6.20 Å². The Labute approximate surface area is 117 Å². The van der Waals surface area contributed by atoms with E-state index in [0.29, 0.717) is 23.0 Å². The highest BCUT2D eigenvalue weighted by Gasteiger charge is 2.12. The van der Waals surface area contributed by atoms with Gasteiger partial charge in [-0.15, -0.1) is 0 Å². The van der Waals surface area contributed by atoms with Crippen LogP contribution >= 0.6 is 15.9 Å². The molecule has 0 aliphatic rings. The van der Waals surface area contributed by atoms with Crippen molar-refractivity contribution in [3.8, 4) is 0 Å². The number of anilines is 1. The predicted octanol–water partition coefficient (Wildman–Crippen LogP) is 3.26. The molecule has 1 heterocycles. The first kappa shape index (κ1) is 15.2. The molecular formula is C13H22BrN3O. The van der Waals surface area contributed by atoms with Crippen LogP contribution in [-0.2, 0) is 6.54 Å². The maximum absolute atomic E-state index is 12.1. The van der Waals surface area contributed by atoms with Crippen LogP contribution in [0.5, 0.6) is 0 Å². The summed E-state index contributed by atoms with van der Waals surface area (Å²) < 4.78 is 2.08. The summed E-state index contributed by atoms with van der Waals surface area (Å²) in [5.41, 5.74) is 0.707. The van der Waals surface area contributed by atoms with Crippen molar-refractivity contribution >= 4 is 21.6 Å². The van der Waals surface area contributed by atoms with Crippen molar-refractivity contribution in [2.75, 3.05) is 5.32 Å². The van der Waals surface area contributed by atoms with E-state index < -0.39 is 0 Å². The highest BCUT2D eigenvalue weighted by Crippen LogP contribution is 2.19. The lowest BCUT2D eigenvalue weighted by Gasteiger charge is -2.19. The number of hydrogen-bond donors (Lipinski definition) is 1. The van der Waals surface area contributed by atoms with Crippen molar-refractivity contribution in [2.24, 2.45) is 5.92 Å². The molecule has 0 bridgehead atoms. The molecule has 102 valence electrons. The molecule has 0 amide bonds. The molecule has 4 nitrogen and oxygen atoms in total. The molecule has 0 aliphatic heterocycles. The van der Waals surface area contributed by atoms with E-state index in [1.807, 2.05) is 0 Å². The van der Waals surface area contributed by atoms with Gasteiger partial charge in [0.15, 0.2) is 0 Å². The van der Waals surface area contributed by atoms with Gasteiger partial charge in [0.2, 0.25) is 0 Å². The molecule has 1 aromatic rings. The smallest absolute Gasteiger partial charge is 0.283 e. The summed E-state index contributed by atoms with van der Waals surface area (Å²) in [6, 6.07) is 0.300. The average Bonchev–Trinajstić information content (AvgIpc) is 2.34. The lowest BCUT2D eigenvalue weighted by Crippen LogP contribution is -2.27. The van der Waals surface area contributed by atoms with Crippen LogP contribution in [0, 0.1) is 5.92 Å². The number of rotatable bonds is 6. The monoisotopic (exact) mass is 315 g/mol. The molecule has 1 aromatic heterocycles. The van der Waals surface area contributed by atoms with Gasteiger partial charge in [0.1, 0.15) is 4.47 Å². The van der Waals surface area contributed by atoms with Crippen molar-refractivity contribution in [1.82, 2.24) is 9.78 Å². The van der Waals surface area contributed by atoms with Crippen molar-refractivity contribution in [1.29, 1.82) is 0 Å². The molecule has 5 heteroatoms. The first-order valence-electron chi connectivity index (χ1n) is 6.49. The second kappa shape index (κ2) is 6.92. The van der Waals surface area contributed by atoms with Crippen LogP contribution in [0.1, 0.15) is 40.5 Å². The minimum absolute atomic E-state index is 0.0654. The predicted molar refractivity (Wildman–Crippen MR) is 79.0 cm³/mol. The van der Waals surface area contributed by atoms with Gasteiger partial charge in [-0.1, -0.05) is 27.2 Å². The van der Waals surface area contributed by atoms with Gasteiger partial charge < -0.3 is 5.32 Å². The topological polar surface area (TPSA) is 46.9 Å². The number of halogens is 1. The Hall–Kier alpha value is -0.840. The summed E-state index contributed by atoms with van der Waals surface area (Å²) in [5, 5.41) is 7.51. The van der Waals surface area contributed by atoms with Crippen molar-refractivity contribution in [3.05, 3.63) is 21.0 Å². The van der Waals surface area contributed by atoms with E-state index >= 15 is 0 Å². The number of unbranched alkanes of at least 4 members (excludes halogenated alkanes) is 1. The minimum atomic E-state index is -0.0654. The fourth-order valence-corrected chi connectivity index (χ4v) is 1.87. The SMILES string of the molecule is CCCCn1ncc(NC(C)C(C)C)c(Br)c1=O. The number of nitrogens with zero attached hydrogens (tertiary/aromatic N) is 2. The van der Waals surface area contributed by atoms with Crippen LogP contribution < -0.4 is 10.9 Å². The van der Waals surface area contributed by atoms with Crippen LogP contribution in [-0.4, -0.2) is 15.8 Å². The van der Waals surface area contributed by atoms with Gasteiger partial charge in [0.25, 0.3) is 5.56 Å². The molecule has 0 aliphatic carbocycles. The summed E-state index contributed by atoms with van der Waals surface area (Å²) >= 11 is 3.36. The molecule has 0 saturated heterocycles. The zero-order chi connectivity index (χ0) is 13.7. The molecule has 0 fully saturated rings. The lowest BCUT2D eigenvalue weighted by molar-refractivity contribution is 0.536. The first-order valence-corrected chi connectivity index (χ1v) is 7.28. The van der Waals surface area contributed by atoms with Crippen LogP contribution in [0.25, 0.3) is 0 Å². The molecular weight excluding hydrogens is 294 g/mol. The average molecular weight is 316 g/mol. The maximum Gasteiger partial charge on any atom is 0.283 e. The number of hydrogen-bond acceptors (Lipinski definition) is 3. The molecule has 1 unspecified atom stereocenters. The third-order valence-corrected chi connectivity index (χ3v) is 3.86. The Balaban J connectivity index is 2.90. The van der Waals surface area contributed by atoms with Crippen molar-refractivity contribution < 1.29 is 0 Å². The van der Waals surface area contributed by atoms with Gasteiger partial charge in [0, 0.05) is 12.6 Å². The van der Waals surface area contributed by atoms with Crippen molar-refractivity contribution in [3.63, 3.8) is 0 Å². The minimum Gasteiger partial charge on any atom is -0.380 e. The molecule has 0 spiro atoms. The summed E-state index contributed by atoms with van der Waals surface area (Å²) in [7, 11) is 0. The Morgan fingerprint density at radius 2 is 2.11 bits per heavy atom. The second-order valence-electron chi connectivity index (χ2n) is 4.93. The zero-order valence-electron chi connectivity index (χ0n) is 11.5. The fraction of sp³-hybridized carbons (Fsp3) is 0.692. The maximum atomic E-state index is 12.1. The molecule has 0 radical (unpaired) electrons. The Bertz CT molecular complexity index is 442. The van der Waals surface area contributed by atoms with E-state index in [4.69, 9.17) is 0 Å². The van der Waals surface area contributed by atoms with Gasteiger partial charge in [-0.3, -0.25) is 4.79 Å². The summed E-state index contributed by atoms with van der Waals surface area (Å²) in [6.07, 6.45) is 3.74. The van der Waals surface area contributed by atoms with Crippen LogP contribution in [0.3, 0.4) is 0 Å². The summed E-state index contributed by atoms with van der Waals surface area (Å²) in [5.74, 6) is 0.499. The Morgan fingerprint density at radius 3 is 2.67 bits per heavy atom. The number of aromatic nitrogens is 2. The zero-order valence-corrected chi connectivity index (χ0v) is 13.1. The lowest BCUT2D eigenvalue weighted by atomic mass is 10.1. The quantitative estimate of drug-likeness (QED) is 0.876. The third kappa shape index (κ3) is 3.83. The van der Waals surface area contributed by atoms with Crippen LogP contribution in [0.2, 0.25) is 0 Å². The van der Waals surface area contributed by atoms with E-state index in [0.717, 1.165) is 18.5 Å². The van der Waals surface area contributed by atoms with Gasteiger partial charge in [-0.25, -0.2) is 4.68 Å². The highest BCUT2D eigenvalue weighted by molar-refractivity contribution is 9.10. The Kier molecular flexibility index (Phi) is 5.85. The highest BCUT2D eigenvalue weighted by atomic mass is 79.9. The van der Waals surface area contributed by atoms with E-state index in [9.17, 15) is 4.79 Å². The molecule has 1 N–H and O–H groups in total. The van der Waals surface area contributed by atoms with E-state index in [2.05, 4.69) is 54.0 Å². The fourth-order valence-electron chi connectivity index (χ4n) is 1.44. The molecule has 0 aromatic carbocycles.